The molecule has 304 valence electrons. The van der Waals surface area contributed by atoms with E-state index in [9.17, 15) is 24.0 Å². The molecule has 1 fully saturated rings. The molecule has 0 radical (unpaired) electrons. The third-order valence-electron chi connectivity index (χ3n) is 10.2. The molecule has 0 aliphatic carbocycles. The molecule has 14 nitrogen and oxygen atoms in total. The number of imidazole rings is 1. The fourth-order valence-electron chi connectivity index (χ4n) is 7.06. The van der Waals surface area contributed by atoms with E-state index in [2.05, 4.69) is 26.3 Å². The smallest absolute Gasteiger partial charge is 0.271 e. The molecule has 1 saturated heterocycles. The fourth-order valence-corrected chi connectivity index (χ4v) is 7.06. The number of nitrogens with one attached hydrogen (secondary N) is 4. The second-order valence-corrected chi connectivity index (χ2v) is 15.2. The number of nitrogens with two attached hydrogens (primary N) is 2. The number of pyridine rings is 1. The van der Waals surface area contributed by atoms with Gasteiger partial charge in [-0.15, -0.1) is 0 Å². The van der Waals surface area contributed by atoms with Crippen LogP contribution in [0.1, 0.15) is 74.0 Å². The Morgan fingerprint density at radius 3 is 1.98 bits per heavy atom. The summed E-state index contributed by atoms with van der Waals surface area (Å²) in [6.07, 6.45) is 7.06. The van der Waals surface area contributed by atoms with Gasteiger partial charge in [0.2, 0.25) is 23.6 Å². The van der Waals surface area contributed by atoms with Crippen LogP contribution in [-0.4, -0.2) is 93.7 Å². The Bertz CT molecular complexity index is 1900. The van der Waals surface area contributed by atoms with Crippen LogP contribution in [0.2, 0.25) is 0 Å². The molecule has 2 aromatic carbocycles. The maximum absolute atomic E-state index is 14.0. The Morgan fingerprint density at radius 1 is 0.754 bits per heavy atom. The topological polar surface area (TPSA) is 206 Å². The lowest BCUT2D eigenvalue weighted by Crippen LogP contribution is -2.59. The van der Waals surface area contributed by atoms with Crippen molar-refractivity contribution in [3.8, 4) is 0 Å². The van der Waals surface area contributed by atoms with Crippen molar-refractivity contribution in [1.29, 1.82) is 0 Å². The van der Waals surface area contributed by atoms with E-state index in [4.69, 9.17) is 11.5 Å². The number of hydrogen-bond acceptors (Lipinski definition) is 8. The molecule has 0 bridgehead atoms. The average molecular weight is 780 g/mol. The lowest BCUT2D eigenvalue weighted by molar-refractivity contribution is -0.138. The van der Waals surface area contributed by atoms with Gasteiger partial charge in [-0.2, -0.15) is 0 Å². The molecule has 8 N–H and O–H groups in total. The van der Waals surface area contributed by atoms with Gasteiger partial charge < -0.3 is 42.0 Å². The Kier molecular flexibility index (Phi) is 15.7. The van der Waals surface area contributed by atoms with Crippen LogP contribution in [0.5, 0.6) is 0 Å². The van der Waals surface area contributed by atoms with Crippen molar-refractivity contribution in [1.82, 2.24) is 35.6 Å². The van der Waals surface area contributed by atoms with E-state index in [1.807, 2.05) is 98.9 Å². The van der Waals surface area contributed by atoms with E-state index in [1.54, 1.807) is 15.5 Å². The first-order chi connectivity index (χ1) is 27.5. The summed E-state index contributed by atoms with van der Waals surface area (Å²) in [4.78, 5) is 74.5. The second kappa shape index (κ2) is 21.1. The molecule has 2 aromatic heterocycles. The number of amides is 5. The zero-order valence-electron chi connectivity index (χ0n) is 32.9. The third kappa shape index (κ3) is 12.7. The largest absolute Gasteiger partial charge is 0.348 e. The molecule has 0 saturated carbocycles. The van der Waals surface area contributed by atoms with Gasteiger partial charge in [0.05, 0.1) is 6.04 Å². The number of benzene rings is 2. The summed E-state index contributed by atoms with van der Waals surface area (Å²) in [6.45, 7) is 5.14. The molecule has 5 rings (SSSR count). The molecule has 0 unspecified atom stereocenters. The van der Waals surface area contributed by atoms with Crippen molar-refractivity contribution in [2.75, 3.05) is 19.6 Å². The highest BCUT2D eigenvalue weighted by Crippen LogP contribution is 2.16. The van der Waals surface area contributed by atoms with Gasteiger partial charge in [0, 0.05) is 37.9 Å². The number of carbonyl (C=O) groups is 5. The maximum Gasteiger partial charge on any atom is 0.271 e. The highest BCUT2D eigenvalue weighted by Gasteiger charge is 2.34. The Labute approximate surface area is 334 Å². The van der Waals surface area contributed by atoms with Gasteiger partial charge in [-0.05, 0) is 80.7 Å². The van der Waals surface area contributed by atoms with Crippen molar-refractivity contribution in [3.05, 3.63) is 108 Å². The first kappa shape index (κ1) is 42.5. The van der Waals surface area contributed by atoms with E-state index < -0.39 is 41.9 Å². The first-order valence-electron chi connectivity index (χ1n) is 20.0. The minimum absolute atomic E-state index is 0.0173. The molecule has 4 atom stereocenters. The van der Waals surface area contributed by atoms with Gasteiger partial charge in [0.25, 0.3) is 5.91 Å². The van der Waals surface area contributed by atoms with Gasteiger partial charge >= 0.3 is 0 Å². The molecular weight excluding hydrogens is 723 g/mol. The quantitative estimate of drug-likeness (QED) is 0.0779. The van der Waals surface area contributed by atoms with Crippen LogP contribution in [0.25, 0.3) is 5.65 Å². The standard InChI is InChI=1S/C43H57N9O5/c1-29(2)25-35(50-41(55)36(27-31-15-7-4-8-16-31)49-39(53)33(45)26-30-13-5-3-6-14-30)40(54)48-34(17-9-11-21-44)43(57)51-23-19-32(20-24-51)46-42(56)37-28-52-22-12-10-18-38(52)47-37/h3-8,10,12-16,18,22,28-29,32-36H,9,11,17,19-21,23-27,44-45H2,1-2H3,(H,46,56)(H,48,54)(H,49,53)(H,50,55)/t33-,34-,35-,36-/m1/s1. The zero-order valence-corrected chi connectivity index (χ0v) is 32.9. The van der Waals surface area contributed by atoms with Gasteiger partial charge in [-0.25, -0.2) is 4.98 Å². The fraction of sp³-hybridized carbons (Fsp3) is 0.442. The van der Waals surface area contributed by atoms with E-state index in [1.165, 1.54) is 0 Å². The third-order valence-corrected chi connectivity index (χ3v) is 10.2. The van der Waals surface area contributed by atoms with Crippen molar-refractivity contribution < 1.29 is 24.0 Å². The summed E-state index contributed by atoms with van der Waals surface area (Å²) >= 11 is 0. The highest BCUT2D eigenvalue weighted by molar-refractivity contribution is 5.95. The Balaban J connectivity index is 1.23. The predicted octanol–water partition coefficient (Wildman–Crippen LogP) is 2.50. The first-order valence-corrected chi connectivity index (χ1v) is 20.0. The van der Waals surface area contributed by atoms with E-state index >= 15 is 0 Å². The van der Waals surface area contributed by atoms with Gasteiger partial charge in [-0.1, -0.05) is 80.6 Å². The second-order valence-electron chi connectivity index (χ2n) is 15.2. The van der Waals surface area contributed by atoms with Crippen LogP contribution in [0.3, 0.4) is 0 Å². The maximum atomic E-state index is 14.0. The summed E-state index contributed by atoms with van der Waals surface area (Å²) in [5.74, 6) is -1.97. The molecule has 1 aliphatic heterocycles. The number of unbranched alkanes of at least 4 members (excludes halogenated alkanes) is 1. The molecule has 1 aliphatic rings. The van der Waals surface area contributed by atoms with Crippen molar-refractivity contribution in [2.24, 2.45) is 17.4 Å². The molecule has 0 spiro atoms. The number of fused-ring (bicyclic) bond motifs is 1. The van der Waals surface area contributed by atoms with Gasteiger partial charge in [-0.3, -0.25) is 24.0 Å². The van der Waals surface area contributed by atoms with Gasteiger partial charge in [0.1, 0.15) is 29.5 Å². The van der Waals surface area contributed by atoms with Gasteiger partial charge in [0.15, 0.2) is 0 Å². The van der Waals surface area contributed by atoms with Crippen molar-refractivity contribution in [2.45, 2.75) is 95.4 Å². The molecular formula is C43H57N9O5. The number of nitrogens with zero attached hydrogens (tertiary/aromatic N) is 3. The van der Waals surface area contributed by atoms with Crippen LogP contribution < -0.4 is 32.7 Å². The lowest BCUT2D eigenvalue weighted by atomic mass is 9.99. The monoisotopic (exact) mass is 779 g/mol. The Hall–Kier alpha value is -5.60. The van der Waals surface area contributed by atoms with Crippen molar-refractivity contribution >= 4 is 35.2 Å². The minimum atomic E-state index is -1.01. The van der Waals surface area contributed by atoms with Crippen LogP contribution in [0, 0.1) is 5.92 Å². The predicted molar refractivity (Wildman–Crippen MR) is 219 cm³/mol. The van der Waals surface area contributed by atoms with Crippen LogP contribution >= 0.6 is 0 Å². The number of carbonyl (C=O) groups excluding carboxylic acids is 5. The minimum Gasteiger partial charge on any atom is -0.348 e. The summed E-state index contributed by atoms with van der Waals surface area (Å²) < 4.78 is 1.79. The lowest BCUT2D eigenvalue weighted by Gasteiger charge is -2.35. The van der Waals surface area contributed by atoms with Crippen LogP contribution in [-0.2, 0) is 32.0 Å². The summed E-state index contributed by atoms with van der Waals surface area (Å²) in [5.41, 5.74) is 14.8. The van der Waals surface area contributed by atoms with E-state index in [-0.39, 0.29) is 30.2 Å². The average Bonchev–Trinajstić information content (AvgIpc) is 3.65. The summed E-state index contributed by atoms with van der Waals surface area (Å²) in [5, 5.41) is 11.8. The normalized spacial score (nSPS) is 15.4. The number of likely N-dealkylation sites (tertiary alicyclic amines) is 1. The molecule has 57 heavy (non-hydrogen) atoms. The molecule has 14 heteroatoms. The van der Waals surface area contributed by atoms with E-state index in [0.29, 0.717) is 75.9 Å². The molecule has 3 heterocycles. The van der Waals surface area contributed by atoms with E-state index in [0.717, 1.165) is 11.1 Å². The molecule has 5 amide bonds. The summed E-state index contributed by atoms with van der Waals surface area (Å²) in [6, 6.07) is 20.4. The SMILES string of the molecule is CC(C)C[C@@H](NC(=O)[C@@H](Cc1ccccc1)NC(=O)[C@H](N)Cc1ccccc1)C(=O)N[C@H](CCCCN)C(=O)N1CCC(NC(=O)c2cn3ccccc3n2)CC1. The number of hydrogen-bond donors (Lipinski definition) is 6. The highest BCUT2D eigenvalue weighted by atomic mass is 16.2. The van der Waals surface area contributed by atoms with Crippen LogP contribution in [0.15, 0.2) is 91.3 Å². The summed E-state index contributed by atoms with van der Waals surface area (Å²) in [7, 11) is 0. The number of rotatable bonds is 19. The van der Waals surface area contributed by atoms with Crippen LogP contribution in [0.4, 0.5) is 0 Å². The number of aromatic nitrogens is 2. The Morgan fingerprint density at radius 2 is 1.35 bits per heavy atom. The number of piperidine rings is 1. The zero-order chi connectivity index (χ0) is 40.7. The van der Waals surface area contributed by atoms with Crippen molar-refractivity contribution in [3.63, 3.8) is 0 Å². The molecule has 4 aromatic rings.